The summed E-state index contributed by atoms with van der Waals surface area (Å²) in [5.74, 6) is 2.94. The van der Waals surface area contributed by atoms with Gasteiger partial charge in [0.25, 0.3) is 0 Å². The Morgan fingerprint density at radius 1 is 0.761 bits per heavy atom. The van der Waals surface area contributed by atoms with Crippen molar-refractivity contribution in [2.75, 3.05) is 26.2 Å². The van der Waals surface area contributed by atoms with Gasteiger partial charge in [-0.3, -0.25) is 14.5 Å². The minimum absolute atomic E-state index is 0.0231. The van der Waals surface area contributed by atoms with Crippen LogP contribution in [0.25, 0.3) is 0 Å². The van der Waals surface area contributed by atoms with E-state index in [0.29, 0.717) is 47.8 Å². The Kier molecular flexibility index (Phi) is 8.86. The van der Waals surface area contributed by atoms with Gasteiger partial charge in [-0.25, -0.2) is 0 Å². The minimum Gasteiger partial charge on any atom is -0.481 e. The van der Waals surface area contributed by atoms with E-state index in [-0.39, 0.29) is 45.1 Å². The van der Waals surface area contributed by atoms with Gasteiger partial charge in [-0.2, -0.15) is 0 Å². The predicted octanol–water partition coefficient (Wildman–Crippen LogP) is 7.73. The predicted molar refractivity (Wildman–Crippen MR) is 184 cm³/mol. The normalized spacial score (nSPS) is 46.9. The number of carbonyl (C=O) groups is 2. The summed E-state index contributed by atoms with van der Waals surface area (Å²) in [6, 6.07) is 0.215. The van der Waals surface area contributed by atoms with Crippen LogP contribution < -0.4 is 0 Å². The van der Waals surface area contributed by atoms with E-state index in [0.717, 1.165) is 51.9 Å². The molecule has 262 valence electrons. The molecule has 12 atom stereocenters. The van der Waals surface area contributed by atoms with Gasteiger partial charge in [0, 0.05) is 32.2 Å². The fourth-order valence-corrected chi connectivity index (χ4v) is 14.2. The zero-order valence-electron chi connectivity index (χ0n) is 30.9. The van der Waals surface area contributed by atoms with E-state index in [9.17, 15) is 19.8 Å². The molecule has 0 spiro atoms. The van der Waals surface area contributed by atoms with Crippen LogP contribution in [0, 0.1) is 68.5 Å². The Morgan fingerprint density at radius 3 is 2.07 bits per heavy atom. The highest BCUT2D eigenvalue weighted by atomic mass is 16.4. The number of hydrogen-bond acceptors (Lipinski definition) is 4. The SMILES string of the molecule is CC(CC(C)N1CCN(C(=O)[C@]23CC[C@@H](C(C)C)C2C2CCC4[C@@]5(C)CC[C@@H](O)C(C)(C)C5CC[C@@]4(C)[C@]2(C)CC3)CC1)C(=O)O. The van der Waals surface area contributed by atoms with E-state index >= 15 is 0 Å². The van der Waals surface area contributed by atoms with Crippen LogP contribution in [0.1, 0.15) is 133 Å². The lowest BCUT2D eigenvalue weighted by atomic mass is 9.32. The highest BCUT2D eigenvalue weighted by Crippen LogP contribution is 2.77. The van der Waals surface area contributed by atoms with Crippen molar-refractivity contribution < 1.29 is 19.8 Å². The first-order valence-electron chi connectivity index (χ1n) is 19.4. The van der Waals surface area contributed by atoms with E-state index in [4.69, 9.17) is 0 Å². The zero-order valence-corrected chi connectivity index (χ0v) is 30.9. The second-order valence-electron chi connectivity index (χ2n) is 19.3. The molecular formula is C40H68N2O4. The van der Waals surface area contributed by atoms with Crippen molar-refractivity contribution in [1.29, 1.82) is 0 Å². The number of amides is 1. The fraction of sp³-hybridized carbons (Fsp3) is 0.950. The van der Waals surface area contributed by atoms with E-state index in [1.807, 2.05) is 0 Å². The number of aliphatic hydroxyl groups is 1. The Balaban J connectivity index is 1.25. The topological polar surface area (TPSA) is 81.1 Å². The third-order valence-corrected chi connectivity index (χ3v) is 17.1. The highest BCUT2D eigenvalue weighted by Gasteiger charge is 2.72. The van der Waals surface area contributed by atoms with Crippen LogP contribution in [0.3, 0.4) is 0 Å². The zero-order chi connectivity index (χ0) is 33.6. The monoisotopic (exact) mass is 641 g/mol. The number of fused-ring (bicyclic) bond motifs is 7. The number of aliphatic hydroxyl groups excluding tert-OH is 1. The summed E-state index contributed by atoms with van der Waals surface area (Å²) >= 11 is 0. The standard InChI is InChI=1S/C40H68N2O4/c1-25(2)28-12-17-40(35(46)42-22-20-41(21-23-42)27(4)24-26(3)34(44)45)19-18-38(8)29(33(28)40)10-11-31-37(7)15-14-32(43)36(5,6)30(37)13-16-39(31,38)9/h25-33,43H,10-24H2,1-9H3,(H,44,45)/t26?,27?,28-,29?,30?,31?,32+,33?,37-,38+,39+,40-/m0/s1. The molecule has 5 aliphatic carbocycles. The summed E-state index contributed by atoms with van der Waals surface area (Å²) in [5.41, 5.74) is 0.551. The van der Waals surface area contributed by atoms with Crippen molar-refractivity contribution in [1.82, 2.24) is 9.80 Å². The van der Waals surface area contributed by atoms with Crippen molar-refractivity contribution in [3.05, 3.63) is 0 Å². The molecule has 0 aromatic carbocycles. The largest absolute Gasteiger partial charge is 0.481 e. The van der Waals surface area contributed by atoms with Crippen molar-refractivity contribution in [3.8, 4) is 0 Å². The first-order chi connectivity index (χ1) is 21.4. The Bertz CT molecular complexity index is 1180. The molecule has 6 heteroatoms. The Hall–Kier alpha value is -1.14. The summed E-state index contributed by atoms with van der Waals surface area (Å²) in [7, 11) is 0. The molecule has 0 bridgehead atoms. The lowest BCUT2D eigenvalue weighted by molar-refractivity contribution is -0.249. The molecule has 0 radical (unpaired) electrons. The van der Waals surface area contributed by atoms with E-state index in [1.54, 1.807) is 6.92 Å². The molecule has 1 aliphatic heterocycles. The van der Waals surface area contributed by atoms with Crippen LogP contribution in [0.2, 0.25) is 0 Å². The van der Waals surface area contributed by atoms with E-state index in [1.165, 1.54) is 38.5 Å². The van der Waals surface area contributed by atoms with Gasteiger partial charge >= 0.3 is 5.97 Å². The van der Waals surface area contributed by atoms with Crippen LogP contribution in [-0.4, -0.2) is 70.2 Å². The molecule has 0 aromatic rings. The van der Waals surface area contributed by atoms with Crippen molar-refractivity contribution >= 4 is 11.9 Å². The molecule has 1 saturated heterocycles. The number of aliphatic carboxylic acids is 1. The number of carbonyl (C=O) groups excluding carboxylic acids is 1. The molecule has 5 saturated carbocycles. The average Bonchev–Trinajstić information content (AvgIpc) is 3.40. The molecular weight excluding hydrogens is 572 g/mol. The fourth-order valence-electron chi connectivity index (χ4n) is 14.2. The van der Waals surface area contributed by atoms with Gasteiger partial charge in [-0.05, 0) is 135 Å². The van der Waals surface area contributed by atoms with Gasteiger partial charge in [0.1, 0.15) is 0 Å². The summed E-state index contributed by atoms with van der Waals surface area (Å²) in [6.07, 6.45) is 12.1. The smallest absolute Gasteiger partial charge is 0.306 e. The van der Waals surface area contributed by atoms with Gasteiger partial charge in [0.2, 0.25) is 5.91 Å². The van der Waals surface area contributed by atoms with E-state index < -0.39 is 5.97 Å². The molecule has 6 unspecified atom stereocenters. The number of carboxylic acid groups (broad SMARTS) is 1. The number of carboxylic acids is 1. The van der Waals surface area contributed by atoms with Gasteiger partial charge in [-0.15, -0.1) is 0 Å². The van der Waals surface area contributed by atoms with Crippen LogP contribution in [0.4, 0.5) is 0 Å². The van der Waals surface area contributed by atoms with Gasteiger partial charge in [0.05, 0.1) is 17.4 Å². The van der Waals surface area contributed by atoms with Crippen molar-refractivity contribution in [2.45, 2.75) is 145 Å². The molecule has 2 N–H and O–H groups in total. The van der Waals surface area contributed by atoms with Gasteiger partial charge < -0.3 is 15.1 Å². The second kappa shape index (κ2) is 11.7. The number of nitrogens with zero attached hydrogens (tertiary/aromatic N) is 2. The van der Waals surface area contributed by atoms with Gasteiger partial charge in [0.15, 0.2) is 0 Å². The average molecular weight is 641 g/mol. The van der Waals surface area contributed by atoms with Crippen molar-refractivity contribution in [3.63, 3.8) is 0 Å². The quantitative estimate of drug-likeness (QED) is 0.311. The first kappa shape index (κ1) is 34.7. The maximum absolute atomic E-state index is 15.0. The second-order valence-corrected chi connectivity index (χ2v) is 19.3. The Morgan fingerprint density at radius 2 is 1.43 bits per heavy atom. The molecule has 6 rings (SSSR count). The Labute approximate surface area is 280 Å². The van der Waals surface area contributed by atoms with Crippen LogP contribution in [-0.2, 0) is 9.59 Å². The third kappa shape index (κ3) is 4.90. The number of rotatable bonds is 6. The summed E-state index contributed by atoms with van der Waals surface area (Å²) in [6.45, 7) is 24.7. The molecule has 6 aliphatic rings. The summed E-state index contributed by atoms with van der Waals surface area (Å²) in [5, 5.41) is 20.5. The maximum atomic E-state index is 15.0. The molecule has 6 fully saturated rings. The summed E-state index contributed by atoms with van der Waals surface area (Å²) < 4.78 is 0. The summed E-state index contributed by atoms with van der Waals surface area (Å²) in [4.78, 5) is 31.1. The molecule has 1 amide bonds. The highest BCUT2D eigenvalue weighted by molar-refractivity contribution is 5.84. The first-order valence-corrected chi connectivity index (χ1v) is 19.4. The van der Waals surface area contributed by atoms with Crippen LogP contribution in [0.15, 0.2) is 0 Å². The number of piperazine rings is 1. The molecule has 1 heterocycles. The van der Waals surface area contributed by atoms with Gasteiger partial charge in [-0.1, -0.05) is 55.4 Å². The van der Waals surface area contributed by atoms with Crippen molar-refractivity contribution in [2.24, 2.45) is 68.5 Å². The van der Waals surface area contributed by atoms with Crippen LogP contribution in [0.5, 0.6) is 0 Å². The van der Waals surface area contributed by atoms with Crippen LogP contribution >= 0.6 is 0 Å². The molecule has 0 aromatic heterocycles. The molecule has 46 heavy (non-hydrogen) atoms. The third-order valence-electron chi connectivity index (χ3n) is 17.1. The lowest BCUT2D eigenvalue weighted by Gasteiger charge is -2.73. The maximum Gasteiger partial charge on any atom is 0.306 e. The minimum atomic E-state index is -0.720. The lowest BCUT2D eigenvalue weighted by Crippen LogP contribution is -2.67. The molecule has 6 nitrogen and oxygen atoms in total. The number of hydrogen-bond donors (Lipinski definition) is 2. The van der Waals surface area contributed by atoms with E-state index in [2.05, 4.69) is 65.2 Å².